The van der Waals surface area contributed by atoms with Crippen molar-refractivity contribution in [2.24, 2.45) is 11.1 Å². The van der Waals surface area contributed by atoms with E-state index >= 15 is 0 Å². The molecule has 2 rings (SSSR count). The topological polar surface area (TPSA) is 89.3 Å². The van der Waals surface area contributed by atoms with Crippen LogP contribution in [0.25, 0.3) is 0 Å². The van der Waals surface area contributed by atoms with E-state index in [0.29, 0.717) is 5.92 Å². The van der Waals surface area contributed by atoms with Gasteiger partial charge in [0, 0.05) is 11.6 Å². The van der Waals surface area contributed by atoms with Crippen LogP contribution in [0.3, 0.4) is 0 Å². The highest BCUT2D eigenvalue weighted by Gasteiger charge is 2.37. The highest BCUT2D eigenvalue weighted by atomic mass is 79.9. The number of carbonyl (C=O) groups excluding carboxylic acids is 1. The summed E-state index contributed by atoms with van der Waals surface area (Å²) in [7, 11) is -3.96. The Hall–Kier alpha value is -0.630. The van der Waals surface area contributed by atoms with Crippen molar-refractivity contribution in [3.63, 3.8) is 0 Å². The second kappa shape index (κ2) is 6.24. The molecule has 1 aromatic carbocycles. The van der Waals surface area contributed by atoms with Crippen molar-refractivity contribution in [1.82, 2.24) is 5.32 Å². The summed E-state index contributed by atoms with van der Waals surface area (Å²) in [5, 5.41) is 8.14. The van der Waals surface area contributed by atoms with Crippen molar-refractivity contribution in [3.8, 4) is 0 Å². The molecule has 1 saturated carbocycles. The summed E-state index contributed by atoms with van der Waals surface area (Å²) in [4.78, 5) is 12.0. The summed E-state index contributed by atoms with van der Waals surface area (Å²) in [5.74, 6) is 0.181. The number of benzene rings is 1. The van der Waals surface area contributed by atoms with Crippen LogP contribution in [0, 0.1) is 5.92 Å². The summed E-state index contributed by atoms with van der Waals surface area (Å²) >= 11 is 9.02. The van der Waals surface area contributed by atoms with Crippen molar-refractivity contribution >= 4 is 43.5 Å². The highest BCUT2D eigenvalue weighted by molar-refractivity contribution is 9.10. The number of hydrogen-bond donors (Lipinski definition) is 2. The quantitative estimate of drug-likeness (QED) is 0.803. The maximum absolute atomic E-state index is 12.2. The van der Waals surface area contributed by atoms with Crippen LogP contribution in [0.15, 0.2) is 21.5 Å². The Morgan fingerprint density at radius 1 is 1.52 bits per heavy atom. The van der Waals surface area contributed by atoms with Crippen molar-refractivity contribution in [3.05, 3.63) is 27.2 Å². The van der Waals surface area contributed by atoms with E-state index in [4.69, 9.17) is 16.7 Å². The van der Waals surface area contributed by atoms with Gasteiger partial charge in [0.2, 0.25) is 10.0 Å². The van der Waals surface area contributed by atoms with Crippen LogP contribution in [0.1, 0.15) is 36.5 Å². The van der Waals surface area contributed by atoms with E-state index in [9.17, 15) is 13.2 Å². The fourth-order valence-electron chi connectivity index (χ4n) is 2.27. The first-order chi connectivity index (χ1) is 9.74. The van der Waals surface area contributed by atoms with Crippen molar-refractivity contribution in [1.29, 1.82) is 0 Å². The zero-order valence-electron chi connectivity index (χ0n) is 11.4. The van der Waals surface area contributed by atoms with Gasteiger partial charge in [0.15, 0.2) is 0 Å². The lowest BCUT2D eigenvalue weighted by Crippen LogP contribution is -2.27. The van der Waals surface area contributed by atoms with E-state index in [1.165, 1.54) is 12.1 Å². The monoisotopic (exact) mass is 394 g/mol. The standard InChI is InChI=1S/C13H16BrClN2O3S/c1-2-3-7-5-10(7)17-13(18)8-4-9(15)12(14)11(6-8)21(16,19)20/h4,6-7,10H,2-3,5H2,1H3,(H,17,18)(H2,16,19,20). The van der Waals surface area contributed by atoms with Crippen molar-refractivity contribution in [2.45, 2.75) is 37.1 Å². The molecule has 2 atom stereocenters. The molecule has 1 aliphatic rings. The molecule has 1 amide bonds. The number of amides is 1. The van der Waals surface area contributed by atoms with E-state index in [1.807, 2.05) is 0 Å². The molecule has 0 aromatic heterocycles. The van der Waals surface area contributed by atoms with Crippen molar-refractivity contribution < 1.29 is 13.2 Å². The van der Waals surface area contributed by atoms with Gasteiger partial charge >= 0.3 is 0 Å². The van der Waals surface area contributed by atoms with E-state index in [-0.39, 0.29) is 31.9 Å². The van der Waals surface area contributed by atoms with Gasteiger partial charge in [-0.25, -0.2) is 13.6 Å². The van der Waals surface area contributed by atoms with Crippen molar-refractivity contribution in [2.75, 3.05) is 0 Å². The maximum Gasteiger partial charge on any atom is 0.251 e. The molecule has 0 spiro atoms. The molecule has 0 heterocycles. The summed E-state index contributed by atoms with van der Waals surface area (Å²) in [6.07, 6.45) is 3.12. The normalized spacial score (nSPS) is 21.1. The number of halogens is 2. The zero-order chi connectivity index (χ0) is 15.8. The molecule has 21 heavy (non-hydrogen) atoms. The summed E-state index contributed by atoms with van der Waals surface area (Å²) in [6.45, 7) is 2.10. The van der Waals surface area contributed by atoms with Gasteiger partial charge in [0.25, 0.3) is 5.91 Å². The molecule has 5 nitrogen and oxygen atoms in total. The van der Waals surface area contributed by atoms with E-state index < -0.39 is 10.0 Å². The van der Waals surface area contributed by atoms with Crippen LogP contribution in [0.2, 0.25) is 5.02 Å². The average Bonchev–Trinajstić information content (AvgIpc) is 3.09. The zero-order valence-corrected chi connectivity index (χ0v) is 14.6. The molecule has 8 heteroatoms. The fraction of sp³-hybridized carbons (Fsp3) is 0.462. The lowest BCUT2D eigenvalue weighted by Gasteiger charge is -2.09. The minimum atomic E-state index is -3.96. The molecule has 0 aliphatic heterocycles. The molecule has 0 bridgehead atoms. The Kier molecular flexibility index (Phi) is 4.97. The molecule has 1 fully saturated rings. The van der Waals surface area contributed by atoms with Gasteiger partial charge in [0.1, 0.15) is 0 Å². The number of carbonyl (C=O) groups is 1. The smallest absolute Gasteiger partial charge is 0.251 e. The molecule has 0 radical (unpaired) electrons. The van der Waals surface area contributed by atoms with Gasteiger partial charge in [-0.15, -0.1) is 0 Å². The summed E-state index contributed by atoms with van der Waals surface area (Å²) < 4.78 is 23.2. The van der Waals surface area contributed by atoms with E-state index in [0.717, 1.165) is 19.3 Å². The summed E-state index contributed by atoms with van der Waals surface area (Å²) in [5.41, 5.74) is 0.189. The minimum Gasteiger partial charge on any atom is -0.349 e. The number of hydrogen-bond acceptors (Lipinski definition) is 3. The van der Waals surface area contributed by atoms with Gasteiger partial charge in [0.05, 0.1) is 14.4 Å². The molecule has 0 saturated heterocycles. The first kappa shape index (κ1) is 16.7. The third-order valence-electron chi connectivity index (χ3n) is 3.46. The van der Waals surface area contributed by atoms with Crippen LogP contribution in [0.4, 0.5) is 0 Å². The molecule has 3 N–H and O–H groups in total. The SMILES string of the molecule is CCCC1CC1NC(=O)c1cc(Cl)c(Br)c(S(N)(=O)=O)c1. The van der Waals surface area contributed by atoms with Gasteiger partial charge in [-0.3, -0.25) is 4.79 Å². The second-order valence-corrected chi connectivity index (χ2v) is 7.91. The Morgan fingerprint density at radius 2 is 2.19 bits per heavy atom. The Labute approximate surface area is 137 Å². The van der Waals surface area contributed by atoms with Crippen LogP contribution < -0.4 is 10.5 Å². The first-order valence-electron chi connectivity index (χ1n) is 6.56. The van der Waals surface area contributed by atoms with Gasteiger partial charge < -0.3 is 5.32 Å². The van der Waals surface area contributed by atoms with Crippen LogP contribution in [0.5, 0.6) is 0 Å². The lowest BCUT2D eigenvalue weighted by atomic mass is 10.2. The predicted octanol–water partition coefficient (Wildman–Crippen LogP) is 2.67. The predicted molar refractivity (Wildman–Crippen MR) is 84.8 cm³/mol. The molecular weight excluding hydrogens is 380 g/mol. The molecule has 1 aliphatic carbocycles. The third-order valence-corrected chi connectivity index (χ3v) is 6.04. The second-order valence-electron chi connectivity index (χ2n) is 5.18. The Bertz CT molecular complexity index is 678. The number of nitrogens with two attached hydrogens (primary N) is 1. The largest absolute Gasteiger partial charge is 0.349 e. The Balaban J connectivity index is 2.21. The highest BCUT2D eigenvalue weighted by Crippen LogP contribution is 2.35. The van der Waals surface area contributed by atoms with Gasteiger partial charge in [-0.2, -0.15) is 0 Å². The summed E-state index contributed by atoms with van der Waals surface area (Å²) in [6, 6.07) is 2.82. The number of primary sulfonamides is 1. The van der Waals surface area contributed by atoms with E-state index in [2.05, 4.69) is 28.2 Å². The van der Waals surface area contributed by atoms with Crippen LogP contribution >= 0.6 is 27.5 Å². The third kappa shape index (κ3) is 3.97. The number of sulfonamides is 1. The van der Waals surface area contributed by atoms with Crippen LogP contribution in [-0.2, 0) is 10.0 Å². The van der Waals surface area contributed by atoms with Gasteiger partial charge in [-0.1, -0.05) is 24.9 Å². The fourth-order valence-corrected chi connectivity index (χ4v) is 4.10. The average molecular weight is 396 g/mol. The molecular formula is C13H16BrClN2O3S. The maximum atomic E-state index is 12.2. The first-order valence-corrected chi connectivity index (χ1v) is 9.28. The number of rotatable bonds is 5. The van der Waals surface area contributed by atoms with Crippen LogP contribution in [-0.4, -0.2) is 20.4 Å². The van der Waals surface area contributed by atoms with E-state index in [1.54, 1.807) is 0 Å². The molecule has 2 unspecified atom stereocenters. The lowest BCUT2D eigenvalue weighted by molar-refractivity contribution is 0.0948. The number of nitrogens with one attached hydrogen (secondary N) is 1. The van der Waals surface area contributed by atoms with Gasteiger partial charge in [-0.05, 0) is 46.8 Å². The minimum absolute atomic E-state index is 0.132. The Morgan fingerprint density at radius 3 is 2.76 bits per heavy atom. The molecule has 1 aromatic rings. The molecule has 116 valence electrons.